The predicted molar refractivity (Wildman–Crippen MR) is 93.0 cm³/mol. The van der Waals surface area contributed by atoms with Gasteiger partial charge in [-0.15, -0.1) is 0 Å². The predicted octanol–water partition coefficient (Wildman–Crippen LogP) is 3.75. The van der Waals surface area contributed by atoms with Crippen LogP contribution in [-0.4, -0.2) is 27.4 Å². The third-order valence-corrected chi connectivity index (χ3v) is 4.46. The van der Waals surface area contributed by atoms with E-state index < -0.39 is 11.7 Å². The summed E-state index contributed by atoms with van der Waals surface area (Å²) in [5.74, 6) is -0.192. The fraction of sp³-hybridized carbons (Fsp3) is 0.211. The number of fused-ring (bicyclic) bond motifs is 1. The van der Waals surface area contributed by atoms with E-state index in [4.69, 9.17) is 0 Å². The van der Waals surface area contributed by atoms with Crippen LogP contribution >= 0.6 is 0 Å². The van der Waals surface area contributed by atoms with Gasteiger partial charge in [0.05, 0.1) is 22.5 Å². The minimum atomic E-state index is -4.51. The van der Waals surface area contributed by atoms with Crippen LogP contribution in [-0.2, 0) is 12.6 Å². The zero-order valence-electron chi connectivity index (χ0n) is 14.3. The lowest BCUT2D eigenvalue weighted by Crippen LogP contribution is -2.31. The Bertz CT molecular complexity index is 1040. The van der Waals surface area contributed by atoms with Crippen LogP contribution in [0.2, 0.25) is 0 Å². The number of hydrogen-bond acceptors (Lipinski definition) is 3. The van der Waals surface area contributed by atoms with Gasteiger partial charge in [0, 0.05) is 30.4 Å². The van der Waals surface area contributed by atoms with Gasteiger partial charge in [-0.1, -0.05) is 17.7 Å². The number of nitrogens with one attached hydrogen (secondary N) is 2. The normalized spacial score (nSPS) is 14.0. The molecule has 3 aromatic rings. The second-order valence-corrected chi connectivity index (χ2v) is 6.39. The average molecular weight is 372 g/mol. The number of carbonyl (C=O) groups is 1. The van der Waals surface area contributed by atoms with Crippen LogP contribution in [0.3, 0.4) is 0 Å². The van der Waals surface area contributed by atoms with Gasteiger partial charge in [-0.2, -0.15) is 13.2 Å². The van der Waals surface area contributed by atoms with E-state index in [1.165, 1.54) is 12.3 Å². The third-order valence-electron chi connectivity index (χ3n) is 4.46. The summed E-state index contributed by atoms with van der Waals surface area (Å²) in [6, 6.07) is 7.32. The van der Waals surface area contributed by atoms with Gasteiger partial charge in [0.25, 0.3) is 5.91 Å². The smallest absolute Gasteiger partial charge is 0.356 e. The minimum absolute atomic E-state index is 0.0168. The van der Waals surface area contributed by atoms with E-state index in [1.807, 2.05) is 0 Å². The molecule has 0 aliphatic carbocycles. The monoisotopic (exact) mass is 372 g/mol. The van der Waals surface area contributed by atoms with Gasteiger partial charge in [0.1, 0.15) is 0 Å². The molecule has 1 aliphatic rings. The zero-order chi connectivity index (χ0) is 19.2. The molecule has 0 saturated carbocycles. The van der Waals surface area contributed by atoms with Crippen LogP contribution in [0.25, 0.3) is 22.8 Å². The van der Waals surface area contributed by atoms with Gasteiger partial charge in [-0.25, -0.2) is 9.97 Å². The number of aromatic amines is 1. The molecule has 0 unspecified atom stereocenters. The first-order valence-electron chi connectivity index (χ1n) is 8.34. The van der Waals surface area contributed by atoms with Crippen molar-refractivity contribution in [1.82, 2.24) is 20.3 Å². The Balaban J connectivity index is 1.80. The van der Waals surface area contributed by atoms with Crippen molar-refractivity contribution in [1.29, 1.82) is 0 Å². The number of aryl methyl sites for hydroxylation is 1. The quantitative estimate of drug-likeness (QED) is 0.720. The Morgan fingerprint density at radius 2 is 1.93 bits per heavy atom. The molecule has 2 N–H and O–H groups in total. The maximum atomic E-state index is 13.4. The molecule has 2 aromatic heterocycles. The summed E-state index contributed by atoms with van der Waals surface area (Å²) in [7, 11) is 0. The summed E-state index contributed by atoms with van der Waals surface area (Å²) in [4.78, 5) is 23.4. The van der Waals surface area contributed by atoms with E-state index in [2.05, 4.69) is 20.3 Å². The summed E-state index contributed by atoms with van der Waals surface area (Å²) < 4.78 is 40.3. The summed E-state index contributed by atoms with van der Waals surface area (Å²) in [6.07, 6.45) is -2.43. The van der Waals surface area contributed by atoms with Crippen LogP contribution in [0.5, 0.6) is 0 Å². The molecule has 8 heteroatoms. The molecule has 0 bridgehead atoms. The Morgan fingerprint density at radius 1 is 1.11 bits per heavy atom. The minimum Gasteiger partial charge on any atom is -0.356 e. The van der Waals surface area contributed by atoms with Crippen molar-refractivity contribution in [3.8, 4) is 22.8 Å². The largest absolute Gasteiger partial charge is 0.417 e. The molecule has 0 atom stereocenters. The van der Waals surface area contributed by atoms with Crippen molar-refractivity contribution >= 4 is 5.91 Å². The Morgan fingerprint density at radius 3 is 2.67 bits per heavy atom. The van der Waals surface area contributed by atoms with Crippen molar-refractivity contribution in [3.05, 3.63) is 58.9 Å². The number of carbonyl (C=O) groups excluding carboxylic acids is 1. The number of benzene rings is 1. The van der Waals surface area contributed by atoms with Gasteiger partial charge in [-0.05, 0) is 25.1 Å². The Hall–Kier alpha value is -3.16. The first-order valence-corrected chi connectivity index (χ1v) is 8.34. The standard InChI is InChI=1S/C19H15F3N4O/c1-10-2-3-11(13(8-10)19(20,21)22)17-23-6-5-15(26-17)16-9-12-14(25-16)4-7-24-18(12)27/h2-3,5-6,8-9,25H,4,7H2,1H3,(H,24,27). The number of hydrogen-bond donors (Lipinski definition) is 2. The molecule has 4 rings (SSSR count). The first kappa shape index (κ1) is 17.3. The van der Waals surface area contributed by atoms with E-state index in [9.17, 15) is 18.0 Å². The molecule has 1 aromatic carbocycles. The molecule has 0 saturated heterocycles. The number of amides is 1. The molecule has 0 radical (unpaired) electrons. The third kappa shape index (κ3) is 3.18. The maximum absolute atomic E-state index is 13.4. The molecule has 1 aliphatic heterocycles. The van der Waals surface area contributed by atoms with Gasteiger partial charge in [0.15, 0.2) is 5.82 Å². The van der Waals surface area contributed by atoms with Crippen LogP contribution in [0.1, 0.15) is 27.2 Å². The molecule has 1 amide bonds. The van der Waals surface area contributed by atoms with Crippen LogP contribution in [0.4, 0.5) is 13.2 Å². The molecule has 5 nitrogen and oxygen atoms in total. The highest BCUT2D eigenvalue weighted by Crippen LogP contribution is 2.37. The summed E-state index contributed by atoms with van der Waals surface area (Å²) in [5, 5.41) is 2.75. The highest BCUT2D eigenvalue weighted by atomic mass is 19.4. The zero-order valence-corrected chi connectivity index (χ0v) is 14.3. The second kappa shape index (κ2) is 6.22. The molecule has 3 heterocycles. The Kier molecular flexibility index (Phi) is 3.98. The molecule has 138 valence electrons. The van der Waals surface area contributed by atoms with Crippen molar-refractivity contribution in [3.63, 3.8) is 0 Å². The van der Waals surface area contributed by atoms with E-state index in [0.29, 0.717) is 35.5 Å². The summed E-state index contributed by atoms with van der Waals surface area (Å²) in [5.41, 5.74) is 1.97. The van der Waals surface area contributed by atoms with Crippen molar-refractivity contribution < 1.29 is 18.0 Å². The van der Waals surface area contributed by atoms with E-state index in [0.717, 1.165) is 11.8 Å². The highest BCUT2D eigenvalue weighted by molar-refractivity contribution is 5.97. The number of H-pyrrole nitrogens is 1. The lowest BCUT2D eigenvalue weighted by atomic mass is 10.0. The van der Waals surface area contributed by atoms with Crippen LogP contribution in [0.15, 0.2) is 36.5 Å². The summed E-state index contributed by atoms with van der Waals surface area (Å²) in [6.45, 7) is 2.14. The fourth-order valence-corrected chi connectivity index (χ4v) is 3.16. The topological polar surface area (TPSA) is 70.7 Å². The maximum Gasteiger partial charge on any atom is 0.417 e. The van der Waals surface area contributed by atoms with Crippen LogP contribution in [0, 0.1) is 6.92 Å². The van der Waals surface area contributed by atoms with Crippen molar-refractivity contribution in [2.24, 2.45) is 0 Å². The first-order chi connectivity index (χ1) is 12.8. The molecular formula is C19H15F3N4O. The second-order valence-electron chi connectivity index (χ2n) is 6.39. The molecular weight excluding hydrogens is 357 g/mol. The number of halogens is 3. The number of alkyl halides is 3. The van der Waals surface area contributed by atoms with Gasteiger partial charge < -0.3 is 10.3 Å². The van der Waals surface area contributed by atoms with Crippen molar-refractivity contribution in [2.75, 3.05) is 6.54 Å². The molecule has 0 spiro atoms. The fourth-order valence-electron chi connectivity index (χ4n) is 3.16. The van der Waals surface area contributed by atoms with Crippen LogP contribution < -0.4 is 5.32 Å². The SMILES string of the molecule is Cc1ccc(-c2nccc(-c3cc4c([nH]3)CCNC4=O)n2)c(C(F)(F)F)c1. The number of rotatable bonds is 2. The number of aromatic nitrogens is 3. The van der Waals surface area contributed by atoms with Crippen molar-refractivity contribution in [2.45, 2.75) is 19.5 Å². The molecule has 0 fully saturated rings. The lowest BCUT2D eigenvalue weighted by Gasteiger charge is -2.13. The van der Waals surface area contributed by atoms with Gasteiger partial charge in [-0.3, -0.25) is 4.79 Å². The molecule has 27 heavy (non-hydrogen) atoms. The average Bonchev–Trinajstić information content (AvgIpc) is 3.07. The highest BCUT2D eigenvalue weighted by Gasteiger charge is 2.34. The Labute approximate surface area is 152 Å². The van der Waals surface area contributed by atoms with E-state index in [1.54, 1.807) is 25.1 Å². The summed E-state index contributed by atoms with van der Waals surface area (Å²) >= 11 is 0. The van der Waals surface area contributed by atoms with E-state index in [-0.39, 0.29) is 17.3 Å². The van der Waals surface area contributed by atoms with Gasteiger partial charge in [0.2, 0.25) is 0 Å². The number of nitrogens with zero attached hydrogens (tertiary/aromatic N) is 2. The van der Waals surface area contributed by atoms with E-state index >= 15 is 0 Å². The van der Waals surface area contributed by atoms with Gasteiger partial charge >= 0.3 is 6.18 Å². The lowest BCUT2D eigenvalue weighted by molar-refractivity contribution is -0.137.